The molecule has 106 valence electrons. The molecule has 4 N–H and O–H groups in total. The highest BCUT2D eigenvalue weighted by Gasteiger charge is 2.08. The highest BCUT2D eigenvalue weighted by molar-refractivity contribution is 5.98. The summed E-state index contributed by atoms with van der Waals surface area (Å²) < 4.78 is 17.8. The van der Waals surface area contributed by atoms with Crippen LogP contribution in [-0.2, 0) is 13.0 Å². The Balaban J connectivity index is 1.95. The van der Waals surface area contributed by atoms with E-state index in [1.54, 1.807) is 6.07 Å². The van der Waals surface area contributed by atoms with Crippen LogP contribution in [0.1, 0.15) is 17.0 Å². The molecule has 2 aromatic rings. The molecule has 1 aromatic carbocycles. The molecular formula is C12H14FN5O2. The standard InChI is InChI=1S/C12H14FN5O2/c13-9-2-1-8(10(5-9)12(14)17-19)6-15-4-3-11-16-7-20-18-11/h1-2,5,7,15,19H,3-4,6H2,(H2,14,17). The van der Waals surface area contributed by atoms with Crippen molar-refractivity contribution in [2.75, 3.05) is 6.54 Å². The van der Waals surface area contributed by atoms with E-state index in [1.165, 1.54) is 18.5 Å². The highest BCUT2D eigenvalue weighted by Crippen LogP contribution is 2.11. The molecule has 1 heterocycles. The molecule has 20 heavy (non-hydrogen) atoms. The zero-order valence-corrected chi connectivity index (χ0v) is 10.6. The molecule has 0 aliphatic heterocycles. The van der Waals surface area contributed by atoms with Crippen molar-refractivity contribution in [3.05, 3.63) is 47.4 Å². The summed E-state index contributed by atoms with van der Waals surface area (Å²) in [5.74, 6) is 0.0369. The fraction of sp³-hybridized carbons (Fsp3) is 0.250. The van der Waals surface area contributed by atoms with Gasteiger partial charge in [-0.05, 0) is 17.7 Å². The third kappa shape index (κ3) is 3.51. The molecule has 0 aliphatic rings. The number of benzene rings is 1. The van der Waals surface area contributed by atoms with Crippen molar-refractivity contribution in [1.82, 2.24) is 15.5 Å². The van der Waals surface area contributed by atoms with Crippen molar-refractivity contribution in [2.24, 2.45) is 10.9 Å². The molecule has 0 saturated carbocycles. The normalized spacial score (nSPS) is 11.8. The second-order valence-electron chi connectivity index (χ2n) is 4.06. The maximum atomic E-state index is 13.2. The van der Waals surface area contributed by atoms with Crippen LogP contribution in [0, 0.1) is 5.82 Å². The fourth-order valence-electron chi connectivity index (χ4n) is 1.72. The van der Waals surface area contributed by atoms with Crippen LogP contribution in [0.15, 0.2) is 34.3 Å². The number of halogens is 1. The minimum Gasteiger partial charge on any atom is -0.409 e. The molecule has 0 saturated heterocycles. The van der Waals surface area contributed by atoms with E-state index in [2.05, 4.69) is 25.1 Å². The second-order valence-corrected chi connectivity index (χ2v) is 4.06. The first-order valence-corrected chi connectivity index (χ1v) is 5.93. The molecule has 0 radical (unpaired) electrons. The maximum Gasteiger partial charge on any atom is 0.213 e. The lowest BCUT2D eigenvalue weighted by molar-refractivity contribution is 0.318. The van der Waals surface area contributed by atoms with Crippen molar-refractivity contribution in [2.45, 2.75) is 13.0 Å². The lowest BCUT2D eigenvalue weighted by atomic mass is 10.1. The molecule has 8 heteroatoms. The monoisotopic (exact) mass is 279 g/mol. The average Bonchev–Trinajstić information content (AvgIpc) is 2.97. The van der Waals surface area contributed by atoms with E-state index in [-0.39, 0.29) is 5.84 Å². The lowest BCUT2D eigenvalue weighted by Gasteiger charge is -2.09. The van der Waals surface area contributed by atoms with Gasteiger partial charge >= 0.3 is 0 Å². The number of nitrogens with two attached hydrogens (primary N) is 1. The number of aromatic nitrogens is 2. The van der Waals surface area contributed by atoms with Gasteiger partial charge in [0.2, 0.25) is 6.39 Å². The van der Waals surface area contributed by atoms with Crippen LogP contribution in [0.3, 0.4) is 0 Å². The lowest BCUT2D eigenvalue weighted by Crippen LogP contribution is -2.22. The Hall–Kier alpha value is -2.48. The average molecular weight is 279 g/mol. The molecule has 1 aromatic heterocycles. The van der Waals surface area contributed by atoms with Crippen LogP contribution in [0.25, 0.3) is 0 Å². The van der Waals surface area contributed by atoms with Gasteiger partial charge in [0.25, 0.3) is 0 Å². The Labute approximate surface area is 114 Å². The molecule has 0 bridgehead atoms. The van der Waals surface area contributed by atoms with Crippen LogP contribution < -0.4 is 11.1 Å². The number of hydrogen-bond donors (Lipinski definition) is 3. The van der Waals surface area contributed by atoms with Gasteiger partial charge in [-0.2, -0.15) is 4.98 Å². The van der Waals surface area contributed by atoms with Gasteiger partial charge in [-0.3, -0.25) is 0 Å². The Morgan fingerprint density at radius 1 is 1.50 bits per heavy atom. The molecule has 0 amide bonds. The summed E-state index contributed by atoms with van der Waals surface area (Å²) in [6, 6.07) is 4.14. The van der Waals surface area contributed by atoms with Crippen molar-refractivity contribution in [3.8, 4) is 0 Å². The number of rotatable bonds is 6. The smallest absolute Gasteiger partial charge is 0.213 e. The summed E-state index contributed by atoms with van der Waals surface area (Å²) in [6.07, 6.45) is 1.88. The topological polar surface area (TPSA) is 110 Å². The van der Waals surface area contributed by atoms with Gasteiger partial charge in [0.05, 0.1) is 0 Å². The van der Waals surface area contributed by atoms with Crippen LogP contribution in [-0.4, -0.2) is 27.7 Å². The van der Waals surface area contributed by atoms with Crippen LogP contribution in [0.4, 0.5) is 4.39 Å². The molecule has 0 unspecified atom stereocenters. The number of nitrogens with zero attached hydrogens (tertiary/aromatic N) is 3. The Bertz CT molecular complexity index is 586. The van der Waals surface area contributed by atoms with Gasteiger partial charge in [-0.25, -0.2) is 4.39 Å². The second kappa shape index (κ2) is 6.62. The molecule has 2 rings (SSSR count). The molecule has 0 atom stereocenters. The van der Waals surface area contributed by atoms with Crippen molar-refractivity contribution in [3.63, 3.8) is 0 Å². The minimum absolute atomic E-state index is 0.125. The van der Waals surface area contributed by atoms with Crippen LogP contribution in [0.2, 0.25) is 0 Å². The van der Waals surface area contributed by atoms with E-state index in [4.69, 9.17) is 10.9 Å². The Morgan fingerprint density at radius 2 is 2.35 bits per heavy atom. The van der Waals surface area contributed by atoms with Crippen LogP contribution in [0.5, 0.6) is 0 Å². The quantitative estimate of drug-likeness (QED) is 0.235. The summed E-state index contributed by atoms with van der Waals surface area (Å²) in [4.78, 5) is 3.89. The van der Waals surface area contributed by atoms with Crippen molar-refractivity contribution in [1.29, 1.82) is 0 Å². The zero-order valence-electron chi connectivity index (χ0n) is 10.6. The number of nitrogens with one attached hydrogen (secondary N) is 1. The van der Waals surface area contributed by atoms with E-state index in [0.717, 1.165) is 5.56 Å². The van der Waals surface area contributed by atoms with E-state index in [9.17, 15) is 4.39 Å². The van der Waals surface area contributed by atoms with Crippen molar-refractivity contribution >= 4 is 5.84 Å². The summed E-state index contributed by atoms with van der Waals surface area (Å²) in [5, 5.41) is 18.4. The third-order valence-corrected chi connectivity index (χ3v) is 2.70. The number of hydrogen-bond acceptors (Lipinski definition) is 6. The largest absolute Gasteiger partial charge is 0.409 e. The number of amidine groups is 1. The van der Waals surface area contributed by atoms with Gasteiger partial charge in [0.1, 0.15) is 5.82 Å². The maximum absolute atomic E-state index is 13.2. The SMILES string of the molecule is N/C(=N/O)c1cc(F)ccc1CNCCc1ncon1. The first kappa shape index (κ1) is 13.9. The van der Waals surface area contributed by atoms with E-state index < -0.39 is 5.82 Å². The Morgan fingerprint density at radius 3 is 3.05 bits per heavy atom. The van der Waals surface area contributed by atoms with E-state index >= 15 is 0 Å². The molecule has 0 fully saturated rings. The molecular weight excluding hydrogens is 265 g/mol. The highest BCUT2D eigenvalue weighted by atomic mass is 19.1. The summed E-state index contributed by atoms with van der Waals surface area (Å²) in [7, 11) is 0. The molecule has 7 nitrogen and oxygen atoms in total. The van der Waals surface area contributed by atoms with Gasteiger partial charge < -0.3 is 20.8 Å². The van der Waals surface area contributed by atoms with Gasteiger partial charge in [0.15, 0.2) is 11.7 Å². The van der Waals surface area contributed by atoms with Gasteiger partial charge in [-0.15, -0.1) is 0 Å². The van der Waals surface area contributed by atoms with Gasteiger partial charge in [-0.1, -0.05) is 16.4 Å². The van der Waals surface area contributed by atoms with Crippen LogP contribution >= 0.6 is 0 Å². The summed E-state index contributed by atoms with van der Waals surface area (Å²) in [5.41, 5.74) is 6.61. The summed E-state index contributed by atoms with van der Waals surface area (Å²) in [6.45, 7) is 1.07. The van der Waals surface area contributed by atoms with Gasteiger partial charge in [0, 0.05) is 25.1 Å². The fourth-order valence-corrected chi connectivity index (χ4v) is 1.72. The first-order chi connectivity index (χ1) is 9.70. The predicted molar refractivity (Wildman–Crippen MR) is 68.6 cm³/mol. The summed E-state index contributed by atoms with van der Waals surface area (Å²) >= 11 is 0. The third-order valence-electron chi connectivity index (χ3n) is 2.70. The van der Waals surface area contributed by atoms with Crippen molar-refractivity contribution < 1.29 is 14.1 Å². The van der Waals surface area contributed by atoms with E-state index in [1.807, 2.05) is 0 Å². The Kier molecular flexibility index (Phi) is 4.61. The predicted octanol–water partition coefficient (Wildman–Crippen LogP) is 0.635. The van der Waals surface area contributed by atoms with E-state index in [0.29, 0.717) is 30.9 Å². The molecule has 0 spiro atoms. The minimum atomic E-state index is -0.442. The first-order valence-electron chi connectivity index (χ1n) is 5.93. The number of oxime groups is 1. The zero-order chi connectivity index (χ0) is 14.4. The molecule has 0 aliphatic carbocycles.